The number of nitrogens with zero attached hydrogens (tertiary/aromatic N) is 1. The highest BCUT2D eigenvalue weighted by atomic mass is 16.5. The molecule has 0 amide bonds. The molecule has 21 heavy (non-hydrogen) atoms. The van der Waals surface area contributed by atoms with Crippen LogP contribution in [0, 0.1) is 16.7 Å². The van der Waals surface area contributed by atoms with Crippen molar-refractivity contribution in [1.82, 2.24) is 0 Å². The summed E-state index contributed by atoms with van der Waals surface area (Å²) >= 11 is 0. The van der Waals surface area contributed by atoms with Crippen molar-refractivity contribution in [2.24, 2.45) is 5.41 Å². The summed E-state index contributed by atoms with van der Waals surface area (Å²) in [5, 5.41) is 9.28. The fraction of sp³-hybridized carbons (Fsp3) is 0.278. The van der Waals surface area contributed by atoms with Gasteiger partial charge in [0.25, 0.3) is 0 Å². The molecule has 2 aromatic rings. The van der Waals surface area contributed by atoms with E-state index in [0.29, 0.717) is 17.9 Å². The summed E-state index contributed by atoms with van der Waals surface area (Å²) in [5.41, 5.74) is 8.93. The number of hydrogen-bond acceptors (Lipinski definition) is 3. The molecule has 108 valence electrons. The van der Waals surface area contributed by atoms with E-state index in [-0.39, 0.29) is 5.41 Å². The molecule has 0 fully saturated rings. The second-order valence-electron chi connectivity index (χ2n) is 6.26. The van der Waals surface area contributed by atoms with Gasteiger partial charge in [0.2, 0.25) is 0 Å². The summed E-state index contributed by atoms with van der Waals surface area (Å²) < 4.78 is 5.95. The van der Waals surface area contributed by atoms with Crippen molar-refractivity contribution < 1.29 is 4.74 Å². The average molecular weight is 280 g/mol. The van der Waals surface area contributed by atoms with Crippen LogP contribution < -0.4 is 10.5 Å². The van der Waals surface area contributed by atoms with Gasteiger partial charge in [-0.25, -0.2) is 0 Å². The Labute approximate surface area is 126 Å². The first kappa shape index (κ1) is 14.9. The zero-order valence-corrected chi connectivity index (χ0v) is 12.7. The minimum absolute atomic E-state index is 0.0629. The molecule has 0 saturated carbocycles. The van der Waals surface area contributed by atoms with E-state index in [0.717, 1.165) is 16.9 Å². The Morgan fingerprint density at radius 1 is 1.10 bits per heavy atom. The maximum absolute atomic E-state index is 9.28. The van der Waals surface area contributed by atoms with E-state index < -0.39 is 0 Å². The van der Waals surface area contributed by atoms with Crippen LogP contribution in [0.4, 0.5) is 5.69 Å². The van der Waals surface area contributed by atoms with E-state index >= 15 is 0 Å². The molecule has 0 aliphatic rings. The summed E-state index contributed by atoms with van der Waals surface area (Å²) in [6.07, 6.45) is 0. The molecule has 2 aromatic carbocycles. The molecule has 0 heterocycles. The highest BCUT2D eigenvalue weighted by Gasteiger charge is 2.15. The van der Waals surface area contributed by atoms with Crippen molar-refractivity contribution in [2.45, 2.75) is 20.8 Å². The summed E-state index contributed by atoms with van der Waals surface area (Å²) in [7, 11) is 0. The standard InChI is InChI=1S/C18H20N2O/c1-18(2,3)12-21-17-9-8-14(20)10-16(17)15-7-5-4-6-13(15)11-19/h4-10H,12,20H2,1-3H3. The van der Waals surface area contributed by atoms with Gasteiger partial charge in [0.05, 0.1) is 18.2 Å². The van der Waals surface area contributed by atoms with Crippen molar-refractivity contribution in [2.75, 3.05) is 12.3 Å². The van der Waals surface area contributed by atoms with Crippen LogP contribution in [0.5, 0.6) is 5.75 Å². The third kappa shape index (κ3) is 3.76. The van der Waals surface area contributed by atoms with E-state index in [2.05, 4.69) is 26.8 Å². The van der Waals surface area contributed by atoms with Crippen LogP contribution in [0.15, 0.2) is 42.5 Å². The molecule has 0 unspecified atom stereocenters. The normalized spacial score (nSPS) is 11.0. The van der Waals surface area contributed by atoms with Crippen molar-refractivity contribution in [3.8, 4) is 22.9 Å². The Balaban J connectivity index is 2.47. The molecule has 0 atom stereocenters. The maximum atomic E-state index is 9.28. The Hall–Kier alpha value is -2.47. The number of nitrogen functional groups attached to an aromatic ring is 1. The van der Waals surface area contributed by atoms with Gasteiger partial charge in [0, 0.05) is 16.8 Å². The van der Waals surface area contributed by atoms with Crippen LogP contribution in [-0.4, -0.2) is 6.61 Å². The van der Waals surface area contributed by atoms with Crippen LogP contribution in [0.2, 0.25) is 0 Å². The van der Waals surface area contributed by atoms with E-state index in [1.807, 2.05) is 36.4 Å². The lowest BCUT2D eigenvalue weighted by Crippen LogP contribution is -2.17. The van der Waals surface area contributed by atoms with Crippen molar-refractivity contribution >= 4 is 5.69 Å². The smallest absolute Gasteiger partial charge is 0.127 e. The zero-order chi connectivity index (χ0) is 15.5. The molecule has 0 aromatic heterocycles. The summed E-state index contributed by atoms with van der Waals surface area (Å²) in [5.74, 6) is 0.752. The number of anilines is 1. The summed E-state index contributed by atoms with van der Waals surface area (Å²) in [6.45, 7) is 6.95. The van der Waals surface area contributed by atoms with Gasteiger partial charge in [-0.2, -0.15) is 5.26 Å². The number of nitrogens with two attached hydrogens (primary N) is 1. The van der Waals surface area contributed by atoms with Crippen molar-refractivity contribution in [1.29, 1.82) is 5.26 Å². The Kier molecular flexibility index (Phi) is 4.18. The molecular weight excluding hydrogens is 260 g/mol. The average Bonchev–Trinajstić information content (AvgIpc) is 2.45. The van der Waals surface area contributed by atoms with Crippen molar-refractivity contribution in [3.63, 3.8) is 0 Å². The monoisotopic (exact) mass is 280 g/mol. The van der Waals surface area contributed by atoms with Gasteiger partial charge >= 0.3 is 0 Å². The van der Waals surface area contributed by atoms with E-state index in [4.69, 9.17) is 10.5 Å². The van der Waals surface area contributed by atoms with Gasteiger partial charge < -0.3 is 10.5 Å². The van der Waals surface area contributed by atoms with Gasteiger partial charge in [0.15, 0.2) is 0 Å². The predicted octanol–water partition coefficient (Wildman–Crippen LogP) is 4.23. The molecular formula is C18H20N2O. The zero-order valence-electron chi connectivity index (χ0n) is 12.7. The molecule has 3 nitrogen and oxygen atoms in total. The maximum Gasteiger partial charge on any atom is 0.127 e. The number of rotatable bonds is 3. The van der Waals surface area contributed by atoms with Gasteiger partial charge in [-0.3, -0.25) is 0 Å². The van der Waals surface area contributed by atoms with E-state index in [1.54, 1.807) is 6.07 Å². The lowest BCUT2D eigenvalue weighted by molar-refractivity contribution is 0.198. The quantitative estimate of drug-likeness (QED) is 0.856. The molecule has 0 bridgehead atoms. The lowest BCUT2D eigenvalue weighted by atomic mass is 9.97. The lowest BCUT2D eigenvalue weighted by Gasteiger charge is -2.21. The first-order chi connectivity index (χ1) is 9.90. The molecule has 0 spiro atoms. The SMILES string of the molecule is CC(C)(C)COc1ccc(N)cc1-c1ccccc1C#N. The summed E-state index contributed by atoms with van der Waals surface area (Å²) in [4.78, 5) is 0. The van der Waals surface area contributed by atoms with E-state index in [9.17, 15) is 5.26 Å². The Morgan fingerprint density at radius 2 is 1.81 bits per heavy atom. The number of benzene rings is 2. The minimum Gasteiger partial charge on any atom is -0.492 e. The highest BCUT2D eigenvalue weighted by molar-refractivity contribution is 5.78. The van der Waals surface area contributed by atoms with Gasteiger partial charge in [0.1, 0.15) is 5.75 Å². The largest absolute Gasteiger partial charge is 0.492 e. The number of nitriles is 1. The molecule has 2 rings (SSSR count). The van der Waals surface area contributed by atoms with Gasteiger partial charge in [-0.15, -0.1) is 0 Å². The minimum atomic E-state index is 0.0629. The molecule has 0 aliphatic heterocycles. The first-order valence-corrected chi connectivity index (χ1v) is 6.92. The van der Waals surface area contributed by atoms with Crippen LogP contribution in [0.3, 0.4) is 0 Å². The third-order valence-corrected chi connectivity index (χ3v) is 3.00. The fourth-order valence-corrected chi connectivity index (χ4v) is 1.99. The molecule has 0 saturated heterocycles. The Bertz CT molecular complexity index is 678. The highest BCUT2D eigenvalue weighted by Crippen LogP contribution is 2.34. The van der Waals surface area contributed by atoms with Crippen LogP contribution in [0.1, 0.15) is 26.3 Å². The fourth-order valence-electron chi connectivity index (χ4n) is 1.99. The Morgan fingerprint density at radius 3 is 2.48 bits per heavy atom. The molecule has 2 N–H and O–H groups in total. The first-order valence-electron chi connectivity index (χ1n) is 6.92. The second-order valence-corrected chi connectivity index (χ2v) is 6.26. The van der Waals surface area contributed by atoms with Crippen LogP contribution in [0.25, 0.3) is 11.1 Å². The number of hydrogen-bond donors (Lipinski definition) is 1. The summed E-state index contributed by atoms with van der Waals surface area (Å²) in [6, 6.07) is 15.2. The van der Waals surface area contributed by atoms with Gasteiger partial charge in [-0.1, -0.05) is 39.0 Å². The topological polar surface area (TPSA) is 59.0 Å². The van der Waals surface area contributed by atoms with Gasteiger partial charge in [-0.05, 0) is 29.7 Å². The number of ether oxygens (including phenoxy) is 1. The van der Waals surface area contributed by atoms with E-state index in [1.165, 1.54) is 0 Å². The molecule has 0 aliphatic carbocycles. The molecule has 0 radical (unpaired) electrons. The second kappa shape index (κ2) is 5.88. The third-order valence-electron chi connectivity index (χ3n) is 3.00. The van der Waals surface area contributed by atoms with Crippen molar-refractivity contribution in [3.05, 3.63) is 48.0 Å². The van der Waals surface area contributed by atoms with Crippen LogP contribution in [-0.2, 0) is 0 Å². The van der Waals surface area contributed by atoms with Crippen LogP contribution >= 0.6 is 0 Å². The molecule has 3 heteroatoms. The predicted molar refractivity (Wildman–Crippen MR) is 86.0 cm³/mol.